The summed E-state index contributed by atoms with van der Waals surface area (Å²) < 4.78 is 10.6. The van der Waals surface area contributed by atoms with Crippen molar-refractivity contribution in [3.8, 4) is 11.5 Å². The molecule has 18 heavy (non-hydrogen) atoms. The Morgan fingerprint density at radius 2 is 2.06 bits per heavy atom. The van der Waals surface area contributed by atoms with Crippen molar-refractivity contribution in [3.05, 3.63) is 24.3 Å². The van der Waals surface area contributed by atoms with Gasteiger partial charge in [0, 0.05) is 6.07 Å². The van der Waals surface area contributed by atoms with Crippen molar-refractivity contribution in [2.75, 3.05) is 13.7 Å². The van der Waals surface area contributed by atoms with Gasteiger partial charge in [-0.2, -0.15) is 0 Å². The number of amides is 1. The highest BCUT2D eigenvalue weighted by atomic mass is 16.5. The van der Waals surface area contributed by atoms with E-state index in [0.717, 1.165) is 11.5 Å². The molecule has 0 aliphatic rings. The Balaban J connectivity index is 2.36. The van der Waals surface area contributed by atoms with Crippen molar-refractivity contribution in [2.24, 2.45) is 11.5 Å². The first-order valence-corrected chi connectivity index (χ1v) is 5.81. The fraction of sp³-hybridized carbons (Fsp3) is 0.462. The van der Waals surface area contributed by atoms with Crippen LogP contribution in [0.15, 0.2) is 24.3 Å². The number of ether oxygens (including phenoxy) is 2. The summed E-state index contributed by atoms with van der Waals surface area (Å²) in [6.07, 6.45) is 1.15. The summed E-state index contributed by atoms with van der Waals surface area (Å²) in [7, 11) is 1.60. The molecule has 4 N–H and O–H groups in total. The van der Waals surface area contributed by atoms with Crippen LogP contribution in [0.5, 0.6) is 11.5 Å². The Morgan fingerprint density at radius 1 is 1.39 bits per heavy atom. The Bertz CT molecular complexity index is 405. The van der Waals surface area contributed by atoms with E-state index in [2.05, 4.69) is 0 Å². The predicted molar refractivity (Wildman–Crippen MR) is 69.5 cm³/mol. The lowest BCUT2D eigenvalue weighted by Crippen LogP contribution is -2.49. The first kappa shape index (κ1) is 14.3. The average Bonchev–Trinajstić information content (AvgIpc) is 2.35. The van der Waals surface area contributed by atoms with E-state index in [0.29, 0.717) is 19.4 Å². The highest BCUT2D eigenvalue weighted by Crippen LogP contribution is 2.19. The van der Waals surface area contributed by atoms with Crippen LogP contribution in [0.2, 0.25) is 0 Å². The van der Waals surface area contributed by atoms with Gasteiger partial charge in [-0.15, -0.1) is 0 Å². The largest absolute Gasteiger partial charge is 0.497 e. The Hall–Kier alpha value is -1.75. The molecule has 1 aromatic rings. The number of benzene rings is 1. The van der Waals surface area contributed by atoms with Crippen molar-refractivity contribution in [1.82, 2.24) is 0 Å². The van der Waals surface area contributed by atoms with Crippen molar-refractivity contribution in [1.29, 1.82) is 0 Å². The summed E-state index contributed by atoms with van der Waals surface area (Å²) in [5.74, 6) is 0.976. The van der Waals surface area contributed by atoms with Gasteiger partial charge in [0.2, 0.25) is 5.91 Å². The van der Waals surface area contributed by atoms with Gasteiger partial charge in [0.05, 0.1) is 19.3 Å². The molecule has 0 aliphatic carbocycles. The molecular weight excluding hydrogens is 232 g/mol. The zero-order valence-electron chi connectivity index (χ0n) is 10.8. The molecule has 0 aromatic heterocycles. The van der Waals surface area contributed by atoms with Crippen molar-refractivity contribution < 1.29 is 14.3 Å². The highest BCUT2D eigenvalue weighted by Gasteiger charge is 2.24. The summed E-state index contributed by atoms with van der Waals surface area (Å²) in [5, 5.41) is 0. The number of nitrogens with two attached hydrogens (primary N) is 2. The van der Waals surface area contributed by atoms with Gasteiger partial charge in [0.15, 0.2) is 0 Å². The molecule has 0 spiro atoms. The summed E-state index contributed by atoms with van der Waals surface area (Å²) in [4.78, 5) is 11.0. The Labute approximate surface area is 107 Å². The molecule has 1 rings (SSSR count). The van der Waals surface area contributed by atoms with Crippen LogP contribution in [0.3, 0.4) is 0 Å². The maximum Gasteiger partial charge on any atom is 0.237 e. The quantitative estimate of drug-likeness (QED) is 0.710. The number of rotatable bonds is 7. The van der Waals surface area contributed by atoms with Gasteiger partial charge in [-0.05, 0) is 31.9 Å². The molecule has 0 fully saturated rings. The van der Waals surface area contributed by atoms with Gasteiger partial charge in [-0.1, -0.05) is 6.07 Å². The third-order valence-corrected chi connectivity index (χ3v) is 2.71. The van der Waals surface area contributed by atoms with E-state index in [1.54, 1.807) is 20.1 Å². The normalized spacial score (nSPS) is 13.7. The van der Waals surface area contributed by atoms with Crippen LogP contribution in [0, 0.1) is 0 Å². The smallest absolute Gasteiger partial charge is 0.237 e. The molecule has 0 heterocycles. The van der Waals surface area contributed by atoms with Crippen molar-refractivity contribution in [2.45, 2.75) is 25.3 Å². The van der Waals surface area contributed by atoms with E-state index in [1.807, 2.05) is 18.2 Å². The third-order valence-electron chi connectivity index (χ3n) is 2.71. The minimum Gasteiger partial charge on any atom is -0.497 e. The molecule has 0 bridgehead atoms. The van der Waals surface area contributed by atoms with E-state index in [-0.39, 0.29) is 0 Å². The lowest BCUT2D eigenvalue weighted by Gasteiger charge is -2.20. The van der Waals surface area contributed by atoms with Crippen LogP contribution < -0.4 is 20.9 Å². The van der Waals surface area contributed by atoms with Crippen molar-refractivity contribution in [3.63, 3.8) is 0 Å². The minimum atomic E-state index is -0.974. The molecule has 0 saturated heterocycles. The standard InChI is InChI=1S/C13H20N2O3/c1-13(15,12(14)16)7-4-8-18-11-6-3-5-10(9-11)17-2/h3,5-6,9H,4,7-8,15H2,1-2H3,(H2,14,16). The van der Waals surface area contributed by atoms with Crippen LogP contribution in [-0.4, -0.2) is 25.2 Å². The molecule has 5 heteroatoms. The molecule has 1 amide bonds. The Kier molecular flexibility index (Phi) is 4.97. The van der Waals surface area contributed by atoms with Crippen LogP contribution in [0.1, 0.15) is 19.8 Å². The molecule has 0 aliphatic heterocycles. The zero-order chi connectivity index (χ0) is 13.6. The number of carbonyl (C=O) groups is 1. The van der Waals surface area contributed by atoms with Gasteiger partial charge in [0.1, 0.15) is 11.5 Å². The summed E-state index contributed by atoms with van der Waals surface area (Å²) in [6.45, 7) is 2.11. The van der Waals surface area contributed by atoms with Crippen LogP contribution in [-0.2, 0) is 4.79 Å². The number of carbonyl (C=O) groups excluding carboxylic acids is 1. The minimum absolute atomic E-state index is 0.479. The number of primary amides is 1. The Morgan fingerprint density at radius 3 is 2.67 bits per heavy atom. The maximum atomic E-state index is 11.0. The highest BCUT2D eigenvalue weighted by molar-refractivity contribution is 5.83. The first-order chi connectivity index (χ1) is 8.45. The van der Waals surface area contributed by atoms with Gasteiger partial charge >= 0.3 is 0 Å². The number of hydrogen-bond acceptors (Lipinski definition) is 4. The van der Waals surface area contributed by atoms with Crippen LogP contribution in [0.4, 0.5) is 0 Å². The predicted octanol–water partition coefficient (Wildman–Crippen LogP) is 1.06. The summed E-state index contributed by atoms with van der Waals surface area (Å²) >= 11 is 0. The summed E-state index contributed by atoms with van der Waals surface area (Å²) in [5.41, 5.74) is 9.94. The maximum absolute atomic E-state index is 11.0. The molecule has 0 radical (unpaired) electrons. The van der Waals surface area contributed by atoms with Crippen LogP contribution in [0.25, 0.3) is 0 Å². The van der Waals surface area contributed by atoms with E-state index < -0.39 is 11.4 Å². The molecule has 1 unspecified atom stereocenters. The van der Waals surface area contributed by atoms with E-state index in [4.69, 9.17) is 20.9 Å². The molecule has 0 saturated carbocycles. The average molecular weight is 252 g/mol. The topological polar surface area (TPSA) is 87.6 Å². The lowest BCUT2D eigenvalue weighted by molar-refractivity contribution is -0.122. The van der Waals surface area contributed by atoms with E-state index in [1.165, 1.54) is 0 Å². The lowest BCUT2D eigenvalue weighted by atomic mass is 9.97. The second-order valence-electron chi connectivity index (χ2n) is 4.41. The second-order valence-corrected chi connectivity index (χ2v) is 4.41. The van der Waals surface area contributed by atoms with Gasteiger partial charge in [0.25, 0.3) is 0 Å². The van der Waals surface area contributed by atoms with E-state index >= 15 is 0 Å². The van der Waals surface area contributed by atoms with Crippen LogP contribution >= 0.6 is 0 Å². The SMILES string of the molecule is COc1cccc(OCCCC(C)(N)C(N)=O)c1. The third kappa shape index (κ3) is 4.25. The fourth-order valence-corrected chi connectivity index (χ4v) is 1.44. The van der Waals surface area contributed by atoms with E-state index in [9.17, 15) is 4.79 Å². The molecular formula is C13H20N2O3. The van der Waals surface area contributed by atoms with Gasteiger partial charge in [-0.3, -0.25) is 4.79 Å². The fourth-order valence-electron chi connectivity index (χ4n) is 1.44. The molecule has 1 atom stereocenters. The molecule has 100 valence electrons. The molecule has 5 nitrogen and oxygen atoms in total. The van der Waals surface area contributed by atoms with Crippen molar-refractivity contribution >= 4 is 5.91 Å². The zero-order valence-corrected chi connectivity index (χ0v) is 10.8. The number of hydrogen-bond donors (Lipinski definition) is 2. The molecule has 1 aromatic carbocycles. The van der Waals surface area contributed by atoms with Gasteiger partial charge < -0.3 is 20.9 Å². The van der Waals surface area contributed by atoms with Gasteiger partial charge in [-0.25, -0.2) is 0 Å². The number of methoxy groups -OCH3 is 1. The summed E-state index contributed by atoms with van der Waals surface area (Å²) in [6, 6.07) is 7.34. The monoisotopic (exact) mass is 252 g/mol. The first-order valence-electron chi connectivity index (χ1n) is 5.81. The second kappa shape index (κ2) is 6.26.